The SMILES string of the molecule is CC(=O)NCCCC[C@@H]1NC(=O)[C@H](CCCN=C(N)N)NC(=O)[C@H](Cc2ccc(O)cc2)NC(=O)[C@H](C(C)C)NC(=O)[C@H](C)NC1=O. The summed E-state index contributed by atoms with van der Waals surface area (Å²) < 4.78 is 0. The topological polar surface area (TPSA) is 259 Å². The molecule has 16 heteroatoms. The van der Waals surface area contributed by atoms with E-state index in [4.69, 9.17) is 11.5 Å². The summed E-state index contributed by atoms with van der Waals surface area (Å²) in [7, 11) is 0. The van der Waals surface area contributed by atoms with E-state index in [0.717, 1.165) is 0 Å². The third-order valence-electron chi connectivity index (χ3n) is 7.51. The highest BCUT2D eigenvalue weighted by Gasteiger charge is 2.34. The van der Waals surface area contributed by atoms with Crippen LogP contribution in [0.1, 0.15) is 65.4 Å². The van der Waals surface area contributed by atoms with Gasteiger partial charge in [0.25, 0.3) is 0 Å². The van der Waals surface area contributed by atoms with Crippen molar-refractivity contribution in [2.75, 3.05) is 13.1 Å². The van der Waals surface area contributed by atoms with Gasteiger partial charge in [-0.1, -0.05) is 26.0 Å². The number of hydrogen-bond acceptors (Lipinski definition) is 8. The van der Waals surface area contributed by atoms with Gasteiger partial charge in [-0.3, -0.25) is 33.8 Å². The lowest BCUT2D eigenvalue weighted by Crippen LogP contribution is -2.59. The number of nitrogens with one attached hydrogen (secondary N) is 6. The van der Waals surface area contributed by atoms with E-state index in [2.05, 4.69) is 36.9 Å². The average Bonchev–Trinajstić information content (AvgIpc) is 2.99. The van der Waals surface area contributed by atoms with Gasteiger partial charge in [0.15, 0.2) is 5.96 Å². The summed E-state index contributed by atoms with van der Waals surface area (Å²) in [5, 5.41) is 25.8. The molecule has 1 aromatic carbocycles. The fourth-order valence-electron chi connectivity index (χ4n) is 4.85. The summed E-state index contributed by atoms with van der Waals surface area (Å²) in [6.45, 7) is 6.85. The number of unbranched alkanes of at least 4 members (excludes halogenated alkanes) is 1. The maximum atomic E-state index is 13.8. The molecule has 0 aromatic heterocycles. The van der Waals surface area contributed by atoms with Crippen molar-refractivity contribution in [2.45, 2.75) is 96.4 Å². The number of carbonyl (C=O) groups excluding carboxylic acids is 6. The first-order valence-corrected chi connectivity index (χ1v) is 15.8. The molecule has 5 atom stereocenters. The van der Waals surface area contributed by atoms with Gasteiger partial charge >= 0.3 is 0 Å². The second kappa shape index (κ2) is 18.9. The van der Waals surface area contributed by atoms with Gasteiger partial charge in [0.1, 0.15) is 36.0 Å². The highest BCUT2D eigenvalue weighted by molar-refractivity contribution is 5.98. The zero-order valence-corrected chi connectivity index (χ0v) is 27.4. The molecule has 47 heavy (non-hydrogen) atoms. The van der Waals surface area contributed by atoms with Crippen molar-refractivity contribution in [3.8, 4) is 5.75 Å². The second-order valence-electron chi connectivity index (χ2n) is 11.9. The van der Waals surface area contributed by atoms with Crippen LogP contribution in [0.3, 0.4) is 0 Å². The Hall–Kier alpha value is -4.89. The van der Waals surface area contributed by atoms with Crippen LogP contribution in [0.5, 0.6) is 5.75 Å². The second-order valence-corrected chi connectivity index (χ2v) is 11.9. The largest absolute Gasteiger partial charge is 0.508 e. The third kappa shape index (κ3) is 13.6. The minimum atomic E-state index is -1.18. The normalized spacial score (nSPS) is 22.8. The van der Waals surface area contributed by atoms with Crippen LogP contribution < -0.4 is 43.4 Å². The van der Waals surface area contributed by atoms with Crippen LogP contribution in [-0.4, -0.2) is 89.8 Å². The average molecular weight is 660 g/mol. The van der Waals surface area contributed by atoms with Crippen molar-refractivity contribution in [3.63, 3.8) is 0 Å². The molecule has 260 valence electrons. The number of phenolic OH excluding ortho intramolecular Hbond substituents is 1. The van der Waals surface area contributed by atoms with E-state index in [1.54, 1.807) is 26.0 Å². The van der Waals surface area contributed by atoms with E-state index in [9.17, 15) is 33.9 Å². The molecule has 0 radical (unpaired) electrons. The number of aromatic hydroxyl groups is 1. The number of phenols is 1. The number of rotatable bonds is 12. The zero-order valence-electron chi connectivity index (χ0n) is 27.4. The predicted octanol–water partition coefficient (Wildman–Crippen LogP) is -1.59. The fraction of sp³-hybridized carbons (Fsp3) is 0.581. The first-order valence-electron chi connectivity index (χ1n) is 15.8. The van der Waals surface area contributed by atoms with Gasteiger partial charge in [-0.05, 0) is 62.6 Å². The monoisotopic (exact) mass is 659 g/mol. The van der Waals surface area contributed by atoms with Crippen LogP contribution in [0.4, 0.5) is 0 Å². The lowest BCUT2D eigenvalue weighted by atomic mass is 10.00. The maximum absolute atomic E-state index is 13.8. The molecule has 1 fully saturated rings. The number of nitrogens with zero attached hydrogens (tertiary/aromatic N) is 1. The predicted molar refractivity (Wildman–Crippen MR) is 174 cm³/mol. The van der Waals surface area contributed by atoms with E-state index in [1.807, 2.05) is 0 Å². The van der Waals surface area contributed by atoms with Crippen LogP contribution in [0.25, 0.3) is 0 Å². The summed E-state index contributed by atoms with van der Waals surface area (Å²) in [6.07, 6.45) is 1.55. The van der Waals surface area contributed by atoms with E-state index in [-0.39, 0.29) is 43.4 Å². The van der Waals surface area contributed by atoms with Crippen LogP contribution in [0, 0.1) is 5.92 Å². The van der Waals surface area contributed by atoms with Crippen LogP contribution in [-0.2, 0) is 35.2 Å². The van der Waals surface area contributed by atoms with E-state index < -0.39 is 65.7 Å². The number of guanidine groups is 1. The van der Waals surface area contributed by atoms with Crippen LogP contribution in [0.2, 0.25) is 0 Å². The number of hydrogen-bond donors (Lipinski definition) is 9. The van der Waals surface area contributed by atoms with Gasteiger partial charge < -0.3 is 48.5 Å². The molecule has 0 aliphatic carbocycles. The number of carbonyl (C=O) groups is 6. The Balaban J connectivity index is 2.47. The Morgan fingerprint density at radius 3 is 1.94 bits per heavy atom. The standard InChI is InChI=1S/C31H49N9O7/c1-17(2)25-30(47)39-24(16-20-10-12-21(42)13-11-20)29(46)38-23(9-7-15-35-31(32)33)28(45)37-22(8-5-6-14-34-19(4)41)27(44)36-18(3)26(43)40-25/h10-13,17-18,22-25,42H,5-9,14-16H2,1-4H3,(H,34,41)(H,36,44)(H,37,45)(H,38,46)(H,39,47)(H,40,43)(H4,32,33,35)/t18-,22-,23-,24-,25-/m0/s1. The quantitative estimate of drug-likeness (QED) is 0.0711. The highest BCUT2D eigenvalue weighted by atomic mass is 16.3. The molecule has 0 spiro atoms. The molecule has 1 aliphatic heterocycles. The summed E-state index contributed by atoms with van der Waals surface area (Å²) in [5.41, 5.74) is 11.5. The van der Waals surface area contributed by atoms with Crippen molar-refractivity contribution in [2.24, 2.45) is 22.4 Å². The number of benzene rings is 1. The summed E-state index contributed by atoms with van der Waals surface area (Å²) in [4.78, 5) is 82.7. The number of amides is 6. The summed E-state index contributed by atoms with van der Waals surface area (Å²) in [6, 6.07) is 0.567. The molecule has 2 rings (SSSR count). The molecule has 0 unspecified atom stereocenters. The Morgan fingerprint density at radius 1 is 0.809 bits per heavy atom. The Bertz CT molecular complexity index is 1280. The molecular formula is C31H49N9O7. The highest BCUT2D eigenvalue weighted by Crippen LogP contribution is 2.13. The first kappa shape index (κ1) is 38.3. The van der Waals surface area contributed by atoms with Crippen LogP contribution >= 0.6 is 0 Å². The summed E-state index contributed by atoms with van der Waals surface area (Å²) >= 11 is 0. The Kier molecular flexibility index (Phi) is 15.4. The number of aliphatic imine (C=N–C) groups is 1. The fourth-order valence-corrected chi connectivity index (χ4v) is 4.85. The molecule has 6 amide bonds. The minimum absolute atomic E-state index is 0.00627. The van der Waals surface area contributed by atoms with Gasteiger partial charge in [0.05, 0.1) is 0 Å². The Labute approximate surface area is 274 Å². The molecule has 16 nitrogen and oxygen atoms in total. The van der Waals surface area contributed by atoms with Gasteiger partial charge in [0.2, 0.25) is 35.4 Å². The minimum Gasteiger partial charge on any atom is -0.508 e. The summed E-state index contributed by atoms with van der Waals surface area (Å²) in [5.74, 6) is -3.93. The zero-order chi connectivity index (χ0) is 35.1. The maximum Gasteiger partial charge on any atom is 0.243 e. The van der Waals surface area contributed by atoms with Crippen LogP contribution in [0.15, 0.2) is 29.3 Å². The van der Waals surface area contributed by atoms with Crippen molar-refractivity contribution in [3.05, 3.63) is 29.8 Å². The Morgan fingerprint density at radius 2 is 1.36 bits per heavy atom. The van der Waals surface area contributed by atoms with E-state index >= 15 is 0 Å². The molecule has 1 heterocycles. The van der Waals surface area contributed by atoms with E-state index in [1.165, 1.54) is 26.0 Å². The molecule has 1 saturated heterocycles. The smallest absolute Gasteiger partial charge is 0.243 e. The van der Waals surface area contributed by atoms with Crippen molar-refractivity contribution >= 4 is 41.4 Å². The van der Waals surface area contributed by atoms with Gasteiger partial charge in [-0.2, -0.15) is 0 Å². The van der Waals surface area contributed by atoms with Crippen molar-refractivity contribution in [1.82, 2.24) is 31.9 Å². The van der Waals surface area contributed by atoms with Crippen molar-refractivity contribution < 1.29 is 33.9 Å². The van der Waals surface area contributed by atoms with E-state index in [0.29, 0.717) is 31.4 Å². The molecule has 0 saturated carbocycles. The lowest BCUT2D eigenvalue weighted by Gasteiger charge is -2.27. The molecule has 1 aliphatic rings. The number of nitrogens with two attached hydrogens (primary N) is 2. The van der Waals surface area contributed by atoms with Crippen molar-refractivity contribution in [1.29, 1.82) is 0 Å². The molecule has 11 N–H and O–H groups in total. The molecule has 1 aromatic rings. The van der Waals surface area contributed by atoms with Gasteiger partial charge in [-0.15, -0.1) is 0 Å². The molecular weight excluding hydrogens is 610 g/mol. The molecule has 0 bridgehead atoms. The first-order chi connectivity index (χ1) is 22.2. The van der Waals surface area contributed by atoms with Gasteiger partial charge in [0, 0.05) is 26.4 Å². The lowest BCUT2D eigenvalue weighted by molar-refractivity contribution is -0.134. The third-order valence-corrected chi connectivity index (χ3v) is 7.51. The van der Waals surface area contributed by atoms with Gasteiger partial charge in [-0.25, -0.2) is 0 Å².